The molecule has 0 radical (unpaired) electrons. The highest BCUT2D eigenvalue weighted by Crippen LogP contribution is 2.32. The summed E-state index contributed by atoms with van der Waals surface area (Å²) in [6.07, 6.45) is 4.26. The zero-order valence-electron chi connectivity index (χ0n) is 15.7. The van der Waals surface area contributed by atoms with Crippen molar-refractivity contribution in [3.05, 3.63) is 29.3 Å². The molecule has 27 heavy (non-hydrogen) atoms. The monoisotopic (exact) mass is 387 g/mol. The van der Waals surface area contributed by atoms with Gasteiger partial charge in [-0.25, -0.2) is 4.98 Å². The summed E-state index contributed by atoms with van der Waals surface area (Å²) in [6.45, 7) is 2.27. The third kappa shape index (κ3) is 4.65. The standard InChI is InChI=1S/C20H26N4O2S/c1-23(12-18(25)21-15-8-9-15)13-19(26)24-10-4-5-14(11-24)20-22-16-6-2-3-7-17(16)27-20/h2-3,6-7,14-15H,4-5,8-13H2,1H3,(H,21,25)/p+1/t14-/m0/s1. The topological polar surface area (TPSA) is 66.7 Å². The summed E-state index contributed by atoms with van der Waals surface area (Å²) in [5, 5.41) is 4.12. The Labute approximate surface area is 163 Å². The van der Waals surface area contributed by atoms with E-state index in [-0.39, 0.29) is 11.8 Å². The Hall–Kier alpha value is -1.99. The average Bonchev–Trinajstić information content (AvgIpc) is 3.35. The number of carbonyl (C=O) groups is 2. The predicted octanol–water partition coefficient (Wildman–Crippen LogP) is 0.796. The van der Waals surface area contributed by atoms with Gasteiger partial charge in [0.05, 0.1) is 22.3 Å². The fourth-order valence-corrected chi connectivity index (χ4v) is 4.78. The highest BCUT2D eigenvalue weighted by Gasteiger charge is 2.29. The van der Waals surface area contributed by atoms with Gasteiger partial charge in [-0.1, -0.05) is 12.1 Å². The average molecular weight is 388 g/mol. The normalized spacial score (nSPS) is 21.2. The van der Waals surface area contributed by atoms with Crippen molar-refractivity contribution >= 4 is 33.4 Å². The molecule has 144 valence electrons. The Morgan fingerprint density at radius 1 is 1.26 bits per heavy atom. The maximum absolute atomic E-state index is 12.7. The van der Waals surface area contributed by atoms with Crippen molar-refractivity contribution in [2.45, 2.75) is 37.6 Å². The Morgan fingerprint density at radius 3 is 2.85 bits per heavy atom. The lowest BCUT2D eigenvalue weighted by molar-refractivity contribution is -0.863. The van der Waals surface area contributed by atoms with E-state index >= 15 is 0 Å². The highest BCUT2D eigenvalue weighted by atomic mass is 32.1. The van der Waals surface area contributed by atoms with Crippen LogP contribution in [-0.2, 0) is 9.59 Å². The van der Waals surface area contributed by atoms with E-state index in [1.54, 1.807) is 11.3 Å². The first-order valence-corrected chi connectivity index (χ1v) is 10.6. The molecule has 2 atom stereocenters. The van der Waals surface area contributed by atoms with Gasteiger partial charge in [0.15, 0.2) is 13.1 Å². The molecule has 1 saturated heterocycles. The minimum atomic E-state index is 0.0498. The molecule has 0 spiro atoms. The van der Waals surface area contributed by atoms with Crippen LogP contribution < -0.4 is 10.2 Å². The van der Waals surface area contributed by atoms with E-state index in [2.05, 4.69) is 11.4 Å². The van der Waals surface area contributed by atoms with E-state index in [9.17, 15) is 9.59 Å². The van der Waals surface area contributed by atoms with E-state index in [4.69, 9.17) is 4.98 Å². The van der Waals surface area contributed by atoms with Gasteiger partial charge in [0.1, 0.15) is 0 Å². The van der Waals surface area contributed by atoms with E-state index < -0.39 is 0 Å². The molecule has 7 heteroatoms. The van der Waals surface area contributed by atoms with Crippen LogP contribution in [0.4, 0.5) is 0 Å². The van der Waals surface area contributed by atoms with Crippen LogP contribution in [0.25, 0.3) is 10.2 Å². The number of likely N-dealkylation sites (N-methyl/N-ethyl adjacent to an activating group) is 1. The van der Waals surface area contributed by atoms with Crippen LogP contribution in [0.2, 0.25) is 0 Å². The largest absolute Gasteiger partial charge is 0.348 e. The third-order valence-corrected chi connectivity index (χ3v) is 6.49. The molecule has 2 aliphatic rings. The van der Waals surface area contributed by atoms with Gasteiger partial charge in [-0.3, -0.25) is 9.59 Å². The summed E-state index contributed by atoms with van der Waals surface area (Å²) < 4.78 is 1.21. The van der Waals surface area contributed by atoms with Crippen molar-refractivity contribution in [2.24, 2.45) is 0 Å². The summed E-state index contributed by atoms with van der Waals surface area (Å²) in [5.41, 5.74) is 1.05. The van der Waals surface area contributed by atoms with Crippen LogP contribution >= 0.6 is 11.3 Å². The van der Waals surface area contributed by atoms with Crippen molar-refractivity contribution in [3.63, 3.8) is 0 Å². The highest BCUT2D eigenvalue weighted by molar-refractivity contribution is 7.18. The SMILES string of the molecule is C[NH+](CC(=O)NC1CC1)CC(=O)N1CCC[C@H](c2nc3ccccc3s2)C1. The van der Waals surface area contributed by atoms with Gasteiger partial charge >= 0.3 is 0 Å². The number of nitrogens with zero attached hydrogens (tertiary/aromatic N) is 2. The maximum Gasteiger partial charge on any atom is 0.277 e. The zero-order chi connectivity index (χ0) is 18.8. The molecule has 2 amide bonds. The number of aromatic nitrogens is 1. The van der Waals surface area contributed by atoms with Crippen LogP contribution in [0.5, 0.6) is 0 Å². The molecule has 1 saturated carbocycles. The number of amides is 2. The minimum absolute atomic E-state index is 0.0498. The fourth-order valence-electron chi connectivity index (χ4n) is 3.68. The third-order valence-electron chi connectivity index (χ3n) is 5.29. The number of quaternary nitrogens is 1. The molecule has 6 nitrogen and oxygen atoms in total. The second-order valence-corrected chi connectivity index (χ2v) is 8.91. The lowest BCUT2D eigenvalue weighted by Gasteiger charge is -2.32. The Balaban J connectivity index is 1.32. The summed E-state index contributed by atoms with van der Waals surface area (Å²) in [6, 6.07) is 8.58. The number of hydrogen-bond acceptors (Lipinski definition) is 4. The van der Waals surface area contributed by atoms with Crippen molar-refractivity contribution in [1.29, 1.82) is 0 Å². The lowest BCUT2D eigenvalue weighted by atomic mass is 9.98. The predicted molar refractivity (Wildman–Crippen MR) is 106 cm³/mol. The zero-order valence-corrected chi connectivity index (χ0v) is 16.6. The van der Waals surface area contributed by atoms with Crippen molar-refractivity contribution in [1.82, 2.24) is 15.2 Å². The number of nitrogens with one attached hydrogen (secondary N) is 2. The molecule has 2 fully saturated rings. The number of piperidine rings is 1. The Morgan fingerprint density at radius 2 is 2.07 bits per heavy atom. The second kappa shape index (κ2) is 7.94. The number of rotatable bonds is 6. The molecular formula is C20H27N4O2S+. The number of likely N-dealkylation sites (tertiary alicyclic amines) is 1. The number of carbonyl (C=O) groups excluding carboxylic acids is 2. The van der Waals surface area contributed by atoms with Crippen LogP contribution in [0.1, 0.15) is 36.6 Å². The molecule has 1 aromatic heterocycles. The summed E-state index contributed by atoms with van der Waals surface area (Å²) in [4.78, 5) is 32.3. The van der Waals surface area contributed by atoms with Gasteiger partial charge in [0.25, 0.3) is 11.8 Å². The van der Waals surface area contributed by atoms with Crippen molar-refractivity contribution < 1.29 is 14.5 Å². The Bertz CT molecular complexity index is 799. The van der Waals surface area contributed by atoms with Crippen LogP contribution in [-0.4, -0.2) is 61.0 Å². The number of fused-ring (bicyclic) bond motifs is 1. The van der Waals surface area contributed by atoms with Gasteiger partial charge < -0.3 is 15.1 Å². The van der Waals surface area contributed by atoms with Gasteiger partial charge in [-0.15, -0.1) is 11.3 Å². The second-order valence-electron chi connectivity index (χ2n) is 7.85. The molecule has 2 N–H and O–H groups in total. The lowest BCUT2D eigenvalue weighted by Crippen LogP contribution is -3.11. The fraction of sp³-hybridized carbons (Fsp3) is 0.550. The van der Waals surface area contributed by atoms with Crippen molar-refractivity contribution in [3.8, 4) is 0 Å². The first kappa shape index (κ1) is 18.4. The van der Waals surface area contributed by atoms with Crippen LogP contribution in [0, 0.1) is 0 Å². The number of benzene rings is 1. The van der Waals surface area contributed by atoms with Crippen LogP contribution in [0.3, 0.4) is 0 Å². The van der Waals surface area contributed by atoms with E-state index in [0.717, 1.165) is 54.2 Å². The molecular weight excluding hydrogens is 360 g/mol. The maximum atomic E-state index is 12.7. The first-order chi connectivity index (χ1) is 13.1. The first-order valence-electron chi connectivity index (χ1n) is 9.82. The summed E-state index contributed by atoms with van der Waals surface area (Å²) in [7, 11) is 1.92. The molecule has 1 aliphatic heterocycles. The molecule has 0 bridgehead atoms. The quantitative estimate of drug-likeness (QED) is 0.770. The molecule has 4 rings (SSSR count). The van der Waals surface area contributed by atoms with Gasteiger partial charge in [0.2, 0.25) is 0 Å². The molecule has 2 heterocycles. The van der Waals surface area contributed by atoms with E-state index in [1.165, 1.54) is 4.70 Å². The molecule has 1 aromatic carbocycles. The molecule has 2 aromatic rings. The van der Waals surface area contributed by atoms with E-state index in [0.29, 0.717) is 25.0 Å². The smallest absolute Gasteiger partial charge is 0.277 e. The van der Waals surface area contributed by atoms with Crippen LogP contribution in [0.15, 0.2) is 24.3 Å². The number of hydrogen-bond donors (Lipinski definition) is 2. The van der Waals surface area contributed by atoms with Gasteiger partial charge in [-0.2, -0.15) is 0 Å². The number of para-hydroxylation sites is 1. The molecule has 1 unspecified atom stereocenters. The Kier molecular flexibility index (Phi) is 5.41. The van der Waals surface area contributed by atoms with E-state index in [1.807, 2.05) is 30.1 Å². The van der Waals surface area contributed by atoms with Gasteiger partial charge in [-0.05, 0) is 37.8 Å². The van der Waals surface area contributed by atoms with Gasteiger partial charge in [0, 0.05) is 25.0 Å². The number of thiazole rings is 1. The summed E-state index contributed by atoms with van der Waals surface area (Å²) >= 11 is 1.74. The summed E-state index contributed by atoms with van der Waals surface area (Å²) in [5.74, 6) is 0.505. The minimum Gasteiger partial charge on any atom is -0.348 e. The molecule has 1 aliphatic carbocycles. The van der Waals surface area contributed by atoms with Crippen molar-refractivity contribution in [2.75, 3.05) is 33.2 Å².